The molecular weight excluding hydrogens is 366 g/mol. The third-order valence-corrected chi connectivity index (χ3v) is 5.13. The molecule has 0 saturated heterocycles. The maximum Gasteiger partial charge on any atom is 0.270 e. The molecule has 0 N–H and O–H groups in total. The highest BCUT2D eigenvalue weighted by Crippen LogP contribution is 2.30. The minimum absolute atomic E-state index is 0.0398. The van der Waals surface area contributed by atoms with Crippen LogP contribution in [0.2, 0.25) is 0 Å². The van der Waals surface area contributed by atoms with Crippen LogP contribution in [0.4, 0.5) is 11.4 Å². The summed E-state index contributed by atoms with van der Waals surface area (Å²) in [6, 6.07) is 13.8. The monoisotopic (exact) mass is 385 g/mol. The van der Waals surface area contributed by atoms with Gasteiger partial charge in [0.05, 0.1) is 16.3 Å². The summed E-state index contributed by atoms with van der Waals surface area (Å²) in [5.74, 6) is 0.302. The smallest absolute Gasteiger partial charge is 0.270 e. The molecule has 0 radical (unpaired) electrons. The van der Waals surface area contributed by atoms with Crippen LogP contribution in [0.5, 0.6) is 0 Å². The van der Waals surface area contributed by atoms with Gasteiger partial charge in [-0.3, -0.25) is 24.1 Å². The Balaban J connectivity index is 2.08. The Hall–Kier alpha value is -2.87. The van der Waals surface area contributed by atoms with Crippen LogP contribution in [-0.2, 0) is 15.6 Å². The number of nitrogens with zero attached hydrogens (tertiary/aromatic N) is 3. The van der Waals surface area contributed by atoms with Crippen molar-refractivity contribution >= 4 is 33.8 Å². The number of nitro groups is 1. The van der Waals surface area contributed by atoms with Crippen molar-refractivity contribution in [3.05, 3.63) is 69.8 Å². The molecule has 1 aliphatic heterocycles. The Bertz CT molecular complexity index is 928. The van der Waals surface area contributed by atoms with Gasteiger partial charge in [0.1, 0.15) is 6.54 Å². The van der Waals surface area contributed by atoms with Gasteiger partial charge in [-0.1, -0.05) is 30.3 Å². The lowest BCUT2D eigenvalue weighted by molar-refractivity contribution is -0.384. The normalized spacial score (nSPS) is 14.9. The number of rotatable bonds is 6. The second-order valence-electron chi connectivity index (χ2n) is 6.17. The SMILES string of the molecule is CS(=O)CCCN1C(=O)CN=C(c2ccccc2)c2cc([N+](=O)[O-])ccc21. The molecule has 0 saturated carbocycles. The number of benzene rings is 2. The largest absolute Gasteiger partial charge is 0.310 e. The molecule has 7 nitrogen and oxygen atoms in total. The number of nitro benzene ring substituents is 1. The van der Waals surface area contributed by atoms with Gasteiger partial charge in [0.25, 0.3) is 5.69 Å². The fourth-order valence-corrected chi connectivity index (χ4v) is 3.56. The number of amides is 1. The van der Waals surface area contributed by atoms with E-state index in [1.165, 1.54) is 12.1 Å². The summed E-state index contributed by atoms with van der Waals surface area (Å²) in [5, 5.41) is 11.3. The molecule has 0 spiro atoms. The van der Waals surface area contributed by atoms with Gasteiger partial charge in [-0.25, -0.2) is 0 Å². The molecule has 2 aromatic carbocycles. The van der Waals surface area contributed by atoms with Crippen LogP contribution < -0.4 is 4.90 Å². The number of hydrogen-bond donors (Lipinski definition) is 0. The van der Waals surface area contributed by atoms with E-state index in [4.69, 9.17) is 0 Å². The van der Waals surface area contributed by atoms with Crippen LogP contribution in [0.3, 0.4) is 0 Å². The first-order valence-corrected chi connectivity index (χ1v) is 10.2. The fraction of sp³-hybridized carbons (Fsp3) is 0.263. The van der Waals surface area contributed by atoms with Crippen LogP contribution in [0, 0.1) is 10.1 Å². The summed E-state index contributed by atoms with van der Waals surface area (Å²) < 4.78 is 11.3. The van der Waals surface area contributed by atoms with Crippen LogP contribution >= 0.6 is 0 Å². The molecule has 27 heavy (non-hydrogen) atoms. The van der Waals surface area contributed by atoms with Crippen molar-refractivity contribution in [3.63, 3.8) is 0 Å². The summed E-state index contributed by atoms with van der Waals surface area (Å²) in [7, 11) is -0.946. The fourth-order valence-electron chi connectivity index (χ4n) is 3.03. The molecule has 1 unspecified atom stereocenters. The third-order valence-electron chi connectivity index (χ3n) is 4.27. The number of carbonyl (C=O) groups is 1. The Morgan fingerprint density at radius 3 is 2.63 bits per heavy atom. The van der Waals surface area contributed by atoms with Crippen molar-refractivity contribution in [2.45, 2.75) is 6.42 Å². The van der Waals surface area contributed by atoms with Crippen LogP contribution in [0.1, 0.15) is 17.5 Å². The van der Waals surface area contributed by atoms with E-state index in [0.717, 1.165) is 5.56 Å². The number of aliphatic imine (C=N–C) groups is 1. The van der Waals surface area contributed by atoms with Gasteiger partial charge in [-0.15, -0.1) is 0 Å². The molecule has 140 valence electrons. The van der Waals surface area contributed by atoms with Crippen molar-refractivity contribution in [2.75, 3.05) is 30.0 Å². The number of fused-ring (bicyclic) bond motifs is 1. The lowest BCUT2D eigenvalue weighted by Gasteiger charge is -2.23. The summed E-state index contributed by atoms with van der Waals surface area (Å²) in [5.41, 5.74) is 2.44. The zero-order chi connectivity index (χ0) is 19.4. The van der Waals surface area contributed by atoms with Crippen molar-refractivity contribution in [1.29, 1.82) is 0 Å². The Morgan fingerprint density at radius 2 is 1.96 bits per heavy atom. The topological polar surface area (TPSA) is 92.9 Å². The van der Waals surface area contributed by atoms with Gasteiger partial charge in [-0.2, -0.15) is 0 Å². The zero-order valence-corrected chi connectivity index (χ0v) is 15.6. The van der Waals surface area contributed by atoms with E-state index < -0.39 is 15.7 Å². The molecule has 1 heterocycles. The first-order chi connectivity index (χ1) is 13.0. The van der Waals surface area contributed by atoms with Gasteiger partial charge in [-0.05, 0) is 12.5 Å². The molecular formula is C19H19N3O4S. The number of carbonyl (C=O) groups excluding carboxylic acids is 1. The minimum atomic E-state index is -0.946. The number of anilines is 1. The second-order valence-corrected chi connectivity index (χ2v) is 7.72. The Morgan fingerprint density at radius 1 is 1.22 bits per heavy atom. The predicted molar refractivity (Wildman–Crippen MR) is 106 cm³/mol. The zero-order valence-electron chi connectivity index (χ0n) is 14.8. The highest BCUT2D eigenvalue weighted by Gasteiger charge is 2.26. The van der Waals surface area contributed by atoms with Gasteiger partial charge in [0.2, 0.25) is 5.91 Å². The maximum absolute atomic E-state index is 12.7. The average Bonchev–Trinajstić information content (AvgIpc) is 2.79. The van der Waals surface area contributed by atoms with Gasteiger partial charge >= 0.3 is 0 Å². The molecule has 0 aromatic heterocycles. The number of benzodiazepines with no additional fused rings is 1. The number of non-ortho nitro benzene ring substituents is 1. The van der Waals surface area contributed by atoms with Crippen molar-refractivity contribution in [2.24, 2.45) is 4.99 Å². The lowest BCUT2D eigenvalue weighted by atomic mass is 9.99. The standard InChI is InChI=1S/C19H19N3O4S/c1-27(26)11-5-10-21-17-9-8-15(22(24)25)12-16(17)19(20-13-18(21)23)14-6-3-2-4-7-14/h2-4,6-9,12H,5,10-11,13H2,1H3. The second kappa shape index (κ2) is 8.22. The highest BCUT2D eigenvalue weighted by atomic mass is 32.2. The molecule has 1 atom stereocenters. The van der Waals surface area contributed by atoms with E-state index >= 15 is 0 Å². The molecule has 1 amide bonds. The first kappa shape index (κ1) is 18.9. The van der Waals surface area contributed by atoms with Gasteiger partial charge in [0.15, 0.2) is 0 Å². The molecule has 3 rings (SSSR count). The molecule has 0 aliphatic carbocycles. The summed E-state index contributed by atoms with van der Waals surface area (Å²) >= 11 is 0. The van der Waals surface area contributed by atoms with E-state index in [1.54, 1.807) is 17.2 Å². The van der Waals surface area contributed by atoms with E-state index in [1.807, 2.05) is 30.3 Å². The highest BCUT2D eigenvalue weighted by molar-refractivity contribution is 7.84. The summed E-state index contributed by atoms with van der Waals surface area (Å²) in [6.07, 6.45) is 2.20. The summed E-state index contributed by atoms with van der Waals surface area (Å²) in [4.78, 5) is 29.5. The number of hydrogen-bond acceptors (Lipinski definition) is 5. The lowest BCUT2D eigenvalue weighted by Crippen LogP contribution is -2.34. The summed E-state index contributed by atoms with van der Waals surface area (Å²) in [6.45, 7) is 0.350. The maximum atomic E-state index is 12.7. The molecule has 0 fully saturated rings. The van der Waals surface area contributed by atoms with Crippen LogP contribution in [0.15, 0.2) is 53.5 Å². The Labute approximate surface area is 159 Å². The molecule has 0 bridgehead atoms. The molecule has 1 aliphatic rings. The van der Waals surface area contributed by atoms with Crippen molar-refractivity contribution in [1.82, 2.24) is 0 Å². The third kappa shape index (κ3) is 4.28. The Kier molecular flexibility index (Phi) is 5.75. The predicted octanol–water partition coefficient (Wildman–Crippen LogP) is 2.55. The van der Waals surface area contributed by atoms with Crippen molar-refractivity contribution < 1.29 is 13.9 Å². The van der Waals surface area contributed by atoms with E-state index in [-0.39, 0.29) is 18.1 Å². The minimum Gasteiger partial charge on any atom is -0.310 e. The molecule has 8 heteroatoms. The first-order valence-electron chi connectivity index (χ1n) is 8.46. The van der Waals surface area contributed by atoms with E-state index in [0.29, 0.717) is 35.7 Å². The van der Waals surface area contributed by atoms with Crippen LogP contribution in [-0.4, -0.2) is 45.8 Å². The van der Waals surface area contributed by atoms with E-state index in [2.05, 4.69) is 4.99 Å². The quantitative estimate of drug-likeness (QED) is 0.564. The average molecular weight is 385 g/mol. The van der Waals surface area contributed by atoms with Gasteiger partial charge < -0.3 is 4.90 Å². The van der Waals surface area contributed by atoms with Crippen molar-refractivity contribution in [3.8, 4) is 0 Å². The van der Waals surface area contributed by atoms with Crippen LogP contribution in [0.25, 0.3) is 0 Å². The van der Waals surface area contributed by atoms with E-state index in [9.17, 15) is 19.1 Å². The van der Waals surface area contributed by atoms with Gasteiger partial charge in [0, 0.05) is 52.6 Å². The molecule has 2 aromatic rings.